The van der Waals surface area contributed by atoms with E-state index in [1.54, 1.807) is 23.5 Å². The molecule has 0 amide bonds. The molecule has 1 atom stereocenters. The minimum Gasteiger partial charge on any atom is -0.311 e. The standard InChI is InChI=1S/C17H21BrFNS/c1-17(2,3)20-10-13(8-16-9-14(18)11-21-16)12-4-6-15(19)7-5-12/h4-7,9,11,13,20H,8,10H2,1-3H3. The summed E-state index contributed by atoms with van der Waals surface area (Å²) in [4.78, 5) is 1.34. The van der Waals surface area contributed by atoms with Crippen LogP contribution in [-0.4, -0.2) is 12.1 Å². The van der Waals surface area contributed by atoms with Gasteiger partial charge in [-0.3, -0.25) is 0 Å². The Kier molecular flexibility index (Phi) is 5.58. The van der Waals surface area contributed by atoms with Crippen LogP contribution in [0.25, 0.3) is 0 Å². The average molecular weight is 370 g/mol. The van der Waals surface area contributed by atoms with E-state index in [4.69, 9.17) is 0 Å². The van der Waals surface area contributed by atoms with Gasteiger partial charge in [0.05, 0.1) is 0 Å². The van der Waals surface area contributed by atoms with Crippen molar-refractivity contribution in [3.05, 3.63) is 56.4 Å². The molecule has 1 aromatic carbocycles. The fourth-order valence-electron chi connectivity index (χ4n) is 2.18. The number of hydrogen-bond acceptors (Lipinski definition) is 2. The third-order valence-electron chi connectivity index (χ3n) is 3.29. The molecule has 2 rings (SSSR count). The van der Waals surface area contributed by atoms with Gasteiger partial charge in [0.1, 0.15) is 5.82 Å². The molecule has 4 heteroatoms. The SMILES string of the molecule is CC(C)(C)NCC(Cc1cc(Br)cs1)c1ccc(F)cc1. The normalized spacial score (nSPS) is 13.4. The van der Waals surface area contributed by atoms with E-state index >= 15 is 0 Å². The second kappa shape index (κ2) is 7.03. The Labute approximate surface area is 138 Å². The largest absolute Gasteiger partial charge is 0.311 e. The number of nitrogens with one attached hydrogen (secondary N) is 1. The lowest BCUT2D eigenvalue weighted by atomic mass is 9.93. The summed E-state index contributed by atoms with van der Waals surface area (Å²) < 4.78 is 14.3. The van der Waals surface area contributed by atoms with Gasteiger partial charge in [0.15, 0.2) is 0 Å². The summed E-state index contributed by atoms with van der Waals surface area (Å²) in [6.45, 7) is 7.37. The zero-order valence-corrected chi connectivity index (χ0v) is 15.0. The topological polar surface area (TPSA) is 12.0 Å². The van der Waals surface area contributed by atoms with Gasteiger partial charge in [-0.05, 0) is 66.9 Å². The van der Waals surface area contributed by atoms with Crippen molar-refractivity contribution in [2.45, 2.75) is 38.6 Å². The lowest BCUT2D eigenvalue weighted by molar-refractivity contribution is 0.405. The Morgan fingerprint density at radius 3 is 2.43 bits per heavy atom. The van der Waals surface area contributed by atoms with Crippen LogP contribution in [0, 0.1) is 5.82 Å². The van der Waals surface area contributed by atoms with Crippen LogP contribution in [0.1, 0.15) is 37.1 Å². The van der Waals surface area contributed by atoms with Crippen molar-refractivity contribution in [3.8, 4) is 0 Å². The Balaban J connectivity index is 2.15. The summed E-state index contributed by atoms with van der Waals surface area (Å²) >= 11 is 5.26. The van der Waals surface area contributed by atoms with Crippen LogP contribution in [0.4, 0.5) is 4.39 Å². The van der Waals surface area contributed by atoms with Crippen LogP contribution in [0.2, 0.25) is 0 Å². The van der Waals surface area contributed by atoms with Crippen LogP contribution >= 0.6 is 27.3 Å². The predicted molar refractivity (Wildman–Crippen MR) is 92.6 cm³/mol. The number of halogens is 2. The maximum atomic E-state index is 13.1. The van der Waals surface area contributed by atoms with E-state index in [1.807, 2.05) is 12.1 Å². The molecule has 1 heterocycles. The van der Waals surface area contributed by atoms with E-state index in [1.165, 1.54) is 10.4 Å². The molecule has 1 aromatic heterocycles. The molecule has 114 valence electrons. The van der Waals surface area contributed by atoms with Crippen LogP contribution in [0.5, 0.6) is 0 Å². The average Bonchev–Trinajstić information content (AvgIpc) is 2.80. The van der Waals surface area contributed by atoms with E-state index in [-0.39, 0.29) is 11.4 Å². The van der Waals surface area contributed by atoms with Gasteiger partial charge in [0, 0.05) is 32.7 Å². The van der Waals surface area contributed by atoms with Crippen molar-refractivity contribution in [2.24, 2.45) is 0 Å². The highest BCUT2D eigenvalue weighted by molar-refractivity contribution is 9.10. The Bertz CT molecular complexity index is 571. The summed E-state index contributed by atoms with van der Waals surface area (Å²) in [6, 6.07) is 9.05. The van der Waals surface area contributed by atoms with Crippen LogP contribution in [0.3, 0.4) is 0 Å². The zero-order valence-electron chi connectivity index (χ0n) is 12.6. The maximum Gasteiger partial charge on any atom is 0.123 e. The Morgan fingerprint density at radius 2 is 1.90 bits per heavy atom. The first-order valence-electron chi connectivity index (χ1n) is 7.07. The van der Waals surface area contributed by atoms with Crippen LogP contribution in [0.15, 0.2) is 40.2 Å². The highest BCUT2D eigenvalue weighted by Crippen LogP contribution is 2.27. The molecule has 1 unspecified atom stereocenters. The molecule has 2 aromatic rings. The van der Waals surface area contributed by atoms with Crippen LogP contribution in [-0.2, 0) is 6.42 Å². The van der Waals surface area contributed by atoms with Gasteiger partial charge in [-0.15, -0.1) is 11.3 Å². The Morgan fingerprint density at radius 1 is 1.24 bits per heavy atom. The van der Waals surface area contributed by atoms with E-state index in [0.717, 1.165) is 17.4 Å². The smallest absolute Gasteiger partial charge is 0.123 e. The minimum atomic E-state index is -0.180. The van der Waals surface area contributed by atoms with Gasteiger partial charge >= 0.3 is 0 Å². The summed E-state index contributed by atoms with van der Waals surface area (Å²) in [5, 5.41) is 5.67. The second-order valence-corrected chi connectivity index (χ2v) is 8.23. The third-order valence-corrected chi connectivity index (χ3v) is 5.01. The molecule has 0 saturated carbocycles. The fourth-order valence-corrected chi connectivity index (χ4v) is 3.71. The molecule has 1 N–H and O–H groups in total. The van der Waals surface area contributed by atoms with Gasteiger partial charge in [0.25, 0.3) is 0 Å². The summed E-state index contributed by atoms with van der Waals surface area (Å²) in [6.07, 6.45) is 0.963. The van der Waals surface area contributed by atoms with E-state index < -0.39 is 0 Å². The molecule has 0 bridgehead atoms. The lowest BCUT2D eigenvalue weighted by Gasteiger charge is -2.25. The molecule has 0 radical (unpaired) electrons. The zero-order chi connectivity index (χ0) is 15.5. The molecule has 0 aliphatic carbocycles. The fraction of sp³-hybridized carbons (Fsp3) is 0.412. The molecule has 0 saturated heterocycles. The minimum absolute atomic E-state index is 0.0777. The lowest BCUT2D eigenvalue weighted by Crippen LogP contribution is -2.39. The van der Waals surface area contributed by atoms with Crippen molar-refractivity contribution in [2.75, 3.05) is 6.54 Å². The van der Waals surface area contributed by atoms with Crippen molar-refractivity contribution in [1.82, 2.24) is 5.32 Å². The van der Waals surface area contributed by atoms with Crippen molar-refractivity contribution < 1.29 is 4.39 Å². The highest BCUT2D eigenvalue weighted by Gasteiger charge is 2.17. The number of benzene rings is 1. The van der Waals surface area contributed by atoms with E-state index in [2.05, 4.69) is 53.5 Å². The number of hydrogen-bond donors (Lipinski definition) is 1. The summed E-state index contributed by atoms with van der Waals surface area (Å²) in [5.41, 5.74) is 1.26. The number of rotatable bonds is 5. The summed E-state index contributed by atoms with van der Waals surface area (Å²) in [7, 11) is 0. The molecule has 0 spiro atoms. The quantitative estimate of drug-likeness (QED) is 0.747. The van der Waals surface area contributed by atoms with Crippen LogP contribution < -0.4 is 5.32 Å². The first-order valence-corrected chi connectivity index (χ1v) is 8.74. The molecule has 0 fully saturated rings. The first kappa shape index (κ1) is 16.7. The van der Waals surface area contributed by atoms with E-state index in [0.29, 0.717) is 5.92 Å². The molecule has 0 aliphatic heterocycles. The summed E-state index contributed by atoms with van der Waals surface area (Å²) in [5.74, 6) is 0.163. The van der Waals surface area contributed by atoms with Gasteiger partial charge in [-0.2, -0.15) is 0 Å². The predicted octanol–water partition coefficient (Wildman–Crippen LogP) is 5.36. The maximum absolute atomic E-state index is 13.1. The van der Waals surface area contributed by atoms with Crippen molar-refractivity contribution in [1.29, 1.82) is 0 Å². The second-order valence-electron chi connectivity index (χ2n) is 6.31. The highest BCUT2D eigenvalue weighted by atomic mass is 79.9. The molecule has 0 aliphatic rings. The molecule has 1 nitrogen and oxygen atoms in total. The Hall–Kier alpha value is -0.710. The van der Waals surface area contributed by atoms with Crippen molar-refractivity contribution in [3.63, 3.8) is 0 Å². The van der Waals surface area contributed by atoms with Gasteiger partial charge in [0.2, 0.25) is 0 Å². The molecular formula is C17H21BrFNS. The first-order chi connectivity index (χ1) is 9.83. The molecule has 21 heavy (non-hydrogen) atoms. The monoisotopic (exact) mass is 369 g/mol. The van der Waals surface area contributed by atoms with Crippen molar-refractivity contribution >= 4 is 27.3 Å². The van der Waals surface area contributed by atoms with E-state index in [9.17, 15) is 4.39 Å². The van der Waals surface area contributed by atoms with Gasteiger partial charge < -0.3 is 5.32 Å². The number of thiophene rings is 1. The molecular weight excluding hydrogens is 349 g/mol. The van der Waals surface area contributed by atoms with Gasteiger partial charge in [-0.1, -0.05) is 12.1 Å². The third kappa shape index (κ3) is 5.53. The van der Waals surface area contributed by atoms with Gasteiger partial charge in [-0.25, -0.2) is 4.39 Å².